The Labute approximate surface area is 242 Å². The van der Waals surface area contributed by atoms with E-state index in [-0.39, 0.29) is 0 Å². The Morgan fingerprint density at radius 3 is 1.37 bits per heavy atom. The molecule has 0 unspecified atom stereocenters. The van der Waals surface area contributed by atoms with Crippen molar-refractivity contribution in [3.63, 3.8) is 0 Å². The van der Waals surface area contributed by atoms with E-state index in [1.54, 1.807) is 35.1 Å². The number of pyridine rings is 2. The maximum Gasteiger partial charge on any atom is 0.219 e. The lowest BCUT2D eigenvalue weighted by Gasteiger charge is -2.12. The molecule has 0 saturated heterocycles. The van der Waals surface area contributed by atoms with Gasteiger partial charge in [-0.1, -0.05) is 48.5 Å². The number of fused-ring (bicyclic) bond motifs is 6. The summed E-state index contributed by atoms with van der Waals surface area (Å²) in [6, 6.07) is 36.0. The molecule has 0 N–H and O–H groups in total. The van der Waals surface area contributed by atoms with E-state index in [9.17, 15) is 0 Å². The topological polar surface area (TPSA) is 53.5 Å². The zero-order chi connectivity index (χ0) is 27.2. The number of nitrogens with zero attached hydrogens (tertiary/aromatic N) is 2. The van der Waals surface area contributed by atoms with Crippen molar-refractivity contribution in [2.24, 2.45) is 0 Å². The van der Waals surface area contributed by atoms with Crippen molar-refractivity contribution < 1.29 is 14.2 Å². The van der Waals surface area contributed by atoms with Gasteiger partial charge in [0.1, 0.15) is 11.5 Å². The van der Waals surface area contributed by atoms with Crippen LogP contribution in [0.5, 0.6) is 34.8 Å². The van der Waals surface area contributed by atoms with E-state index in [0.29, 0.717) is 34.8 Å². The van der Waals surface area contributed by atoms with E-state index in [1.807, 2.05) is 48.5 Å². The first-order valence-electron chi connectivity index (χ1n) is 13.0. The van der Waals surface area contributed by atoms with Crippen molar-refractivity contribution in [1.29, 1.82) is 0 Å². The minimum absolute atomic E-state index is 0.528. The standard InChI is InChI=1S/C34H20N2O3S2/c1-3-11-29-23(9-1)25-17-21(19-27(33(25)40-29)38-31-13-5-7-15-35-31)37-22-18-26-24-10-2-4-12-30(24)41-34(26)28(20-22)39-32-14-6-8-16-36-32/h1-20H. The van der Waals surface area contributed by atoms with Gasteiger partial charge < -0.3 is 14.2 Å². The lowest BCUT2D eigenvalue weighted by Crippen LogP contribution is -1.91. The molecule has 196 valence electrons. The average Bonchev–Trinajstić information content (AvgIpc) is 3.58. The molecule has 0 aliphatic rings. The Balaban J connectivity index is 1.28. The van der Waals surface area contributed by atoms with Crippen LogP contribution in [-0.4, -0.2) is 9.97 Å². The normalized spacial score (nSPS) is 11.4. The molecule has 4 aromatic heterocycles. The summed E-state index contributed by atoms with van der Waals surface area (Å²) < 4.78 is 23.7. The molecule has 0 amide bonds. The molecule has 7 heteroatoms. The SMILES string of the molecule is c1ccc(Oc2cc(Oc3cc(Oc4ccccn4)c4sc5ccccc5c4c3)cc3c2sc2ccccc23)nc1. The van der Waals surface area contributed by atoms with E-state index in [0.717, 1.165) is 30.9 Å². The molecule has 0 radical (unpaired) electrons. The van der Waals surface area contributed by atoms with Crippen molar-refractivity contribution in [3.8, 4) is 34.8 Å². The van der Waals surface area contributed by atoms with Crippen molar-refractivity contribution in [2.75, 3.05) is 0 Å². The highest BCUT2D eigenvalue weighted by molar-refractivity contribution is 7.26. The van der Waals surface area contributed by atoms with Gasteiger partial charge in [0.05, 0.1) is 9.40 Å². The third-order valence-corrected chi connectivity index (χ3v) is 9.18. The Kier molecular flexibility index (Phi) is 5.76. The molecule has 8 rings (SSSR count). The van der Waals surface area contributed by atoms with Gasteiger partial charge in [0.25, 0.3) is 0 Å². The molecule has 0 aliphatic carbocycles. The number of aromatic nitrogens is 2. The molecule has 0 bridgehead atoms. The molecule has 4 aromatic carbocycles. The van der Waals surface area contributed by atoms with Crippen molar-refractivity contribution in [1.82, 2.24) is 9.97 Å². The minimum Gasteiger partial charge on any atom is -0.457 e. The van der Waals surface area contributed by atoms with Crippen LogP contribution in [0.25, 0.3) is 40.3 Å². The van der Waals surface area contributed by atoms with Gasteiger partial charge in [-0.05, 0) is 36.4 Å². The molecule has 0 saturated carbocycles. The summed E-state index contributed by atoms with van der Waals surface area (Å²) in [6.45, 7) is 0. The molecule has 0 spiro atoms. The second kappa shape index (κ2) is 9.89. The van der Waals surface area contributed by atoms with E-state index in [4.69, 9.17) is 14.2 Å². The van der Waals surface area contributed by atoms with Gasteiger partial charge in [-0.3, -0.25) is 0 Å². The number of thiophene rings is 2. The Hall–Kier alpha value is -4.98. The van der Waals surface area contributed by atoms with Crippen molar-refractivity contribution in [3.05, 3.63) is 122 Å². The van der Waals surface area contributed by atoms with E-state index in [1.165, 1.54) is 9.40 Å². The van der Waals surface area contributed by atoms with Gasteiger partial charge >= 0.3 is 0 Å². The zero-order valence-electron chi connectivity index (χ0n) is 21.5. The highest BCUT2D eigenvalue weighted by Gasteiger charge is 2.17. The number of ether oxygens (including phenoxy) is 3. The maximum atomic E-state index is 6.60. The molecular weight excluding hydrogens is 549 g/mol. The van der Waals surface area contributed by atoms with Gasteiger partial charge in [-0.25, -0.2) is 9.97 Å². The second-order valence-electron chi connectivity index (χ2n) is 9.43. The number of rotatable bonds is 6. The predicted octanol–water partition coefficient (Wildman–Crippen LogP) is 10.6. The number of hydrogen-bond donors (Lipinski definition) is 0. The molecule has 41 heavy (non-hydrogen) atoms. The molecule has 0 fully saturated rings. The van der Waals surface area contributed by atoms with Gasteiger partial charge in [0.15, 0.2) is 11.5 Å². The van der Waals surface area contributed by atoms with Gasteiger partial charge in [-0.2, -0.15) is 0 Å². The minimum atomic E-state index is 0.528. The van der Waals surface area contributed by atoms with Crippen LogP contribution in [0, 0.1) is 0 Å². The van der Waals surface area contributed by atoms with Crippen LogP contribution >= 0.6 is 22.7 Å². The Morgan fingerprint density at radius 2 is 0.902 bits per heavy atom. The molecule has 0 aliphatic heterocycles. The summed E-state index contributed by atoms with van der Waals surface area (Å²) in [5.41, 5.74) is 0. The summed E-state index contributed by atoms with van der Waals surface area (Å²) in [5, 5.41) is 4.45. The number of hydrogen-bond acceptors (Lipinski definition) is 7. The first-order chi connectivity index (χ1) is 20.3. The lowest BCUT2D eigenvalue weighted by atomic mass is 10.1. The highest BCUT2D eigenvalue weighted by Crippen LogP contribution is 2.46. The van der Waals surface area contributed by atoms with Crippen LogP contribution in [0.3, 0.4) is 0 Å². The van der Waals surface area contributed by atoms with Gasteiger partial charge in [0, 0.05) is 67.6 Å². The lowest BCUT2D eigenvalue weighted by molar-refractivity contribution is 0.447. The first-order valence-corrected chi connectivity index (χ1v) is 14.7. The molecular formula is C34H20N2O3S2. The Bertz CT molecular complexity index is 2030. The average molecular weight is 569 g/mol. The fourth-order valence-electron chi connectivity index (χ4n) is 4.99. The van der Waals surface area contributed by atoms with Gasteiger partial charge in [-0.15, -0.1) is 22.7 Å². The summed E-state index contributed by atoms with van der Waals surface area (Å²) in [7, 11) is 0. The van der Waals surface area contributed by atoms with Gasteiger partial charge in [0.2, 0.25) is 11.8 Å². The second-order valence-corrected chi connectivity index (χ2v) is 11.5. The maximum absolute atomic E-state index is 6.60. The third-order valence-electron chi connectivity index (χ3n) is 6.78. The van der Waals surface area contributed by atoms with E-state index in [2.05, 4.69) is 70.6 Å². The zero-order valence-corrected chi connectivity index (χ0v) is 23.1. The molecule has 4 heterocycles. The molecule has 0 atom stereocenters. The molecule has 8 aromatic rings. The van der Waals surface area contributed by atoms with Crippen LogP contribution in [0.4, 0.5) is 0 Å². The van der Waals surface area contributed by atoms with Crippen molar-refractivity contribution >= 4 is 63.0 Å². The first kappa shape index (κ1) is 23.9. The largest absolute Gasteiger partial charge is 0.457 e. The fraction of sp³-hybridized carbons (Fsp3) is 0. The van der Waals surface area contributed by atoms with Crippen LogP contribution in [0.2, 0.25) is 0 Å². The summed E-state index contributed by atoms with van der Waals surface area (Å²) >= 11 is 3.39. The van der Waals surface area contributed by atoms with Crippen molar-refractivity contribution in [2.45, 2.75) is 0 Å². The van der Waals surface area contributed by atoms with E-state index >= 15 is 0 Å². The Morgan fingerprint density at radius 1 is 0.439 bits per heavy atom. The van der Waals surface area contributed by atoms with Crippen LogP contribution in [0.15, 0.2) is 122 Å². The summed E-state index contributed by atoms with van der Waals surface area (Å²) in [6.07, 6.45) is 3.45. The number of benzene rings is 4. The predicted molar refractivity (Wildman–Crippen MR) is 167 cm³/mol. The summed E-state index contributed by atoms with van der Waals surface area (Å²) in [5.74, 6) is 3.78. The van der Waals surface area contributed by atoms with Crippen LogP contribution in [-0.2, 0) is 0 Å². The molecule has 5 nitrogen and oxygen atoms in total. The third kappa shape index (κ3) is 4.41. The van der Waals surface area contributed by atoms with E-state index < -0.39 is 0 Å². The monoisotopic (exact) mass is 568 g/mol. The fourth-order valence-corrected chi connectivity index (χ4v) is 7.26. The van der Waals surface area contributed by atoms with Crippen LogP contribution < -0.4 is 14.2 Å². The quantitative estimate of drug-likeness (QED) is 0.200. The smallest absolute Gasteiger partial charge is 0.219 e. The highest BCUT2D eigenvalue weighted by atomic mass is 32.1. The summed E-state index contributed by atoms with van der Waals surface area (Å²) in [4.78, 5) is 8.75. The van der Waals surface area contributed by atoms with Crippen LogP contribution in [0.1, 0.15) is 0 Å².